The summed E-state index contributed by atoms with van der Waals surface area (Å²) >= 11 is 5.73. The molecule has 0 saturated heterocycles. The van der Waals surface area contributed by atoms with Gasteiger partial charge in [-0.15, -0.1) is 0 Å². The van der Waals surface area contributed by atoms with Crippen molar-refractivity contribution in [3.8, 4) is 0 Å². The van der Waals surface area contributed by atoms with Crippen molar-refractivity contribution in [1.82, 2.24) is 4.90 Å². The predicted molar refractivity (Wildman–Crippen MR) is 58.6 cm³/mol. The standard InChI is InChI=1S/C11H11ClFNO/c1-14(2)7-6-10(15)11-8(12)4-3-5-9(11)13/h3-7H,1-2H3/b7-6+. The third-order valence-corrected chi connectivity index (χ3v) is 2.05. The zero-order chi connectivity index (χ0) is 11.4. The van der Waals surface area contributed by atoms with Crippen LogP contribution in [0.2, 0.25) is 5.02 Å². The van der Waals surface area contributed by atoms with E-state index in [1.54, 1.807) is 25.2 Å². The first-order valence-electron chi connectivity index (χ1n) is 4.35. The molecule has 1 rings (SSSR count). The fraction of sp³-hybridized carbons (Fsp3) is 0.182. The molecule has 1 aromatic rings. The first-order valence-corrected chi connectivity index (χ1v) is 4.73. The van der Waals surface area contributed by atoms with E-state index < -0.39 is 11.6 Å². The average Bonchev–Trinajstić information content (AvgIpc) is 2.14. The van der Waals surface area contributed by atoms with E-state index in [9.17, 15) is 9.18 Å². The van der Waals surface area contributed by atoms with E-state index in [1.807, 2.05) is 0 Å². The van der Waals surface area contributed by atoms with Crippen LogP contribution >= 0.6 is 11.6 Å². The fourth-order valence-corrected chi connectivity index (χ4v) is 1.29. The number of allylic oxidation sites excluding steroid dienone is 1. The summed E-state index contributed by atoms with van der Waals surface area (Å²) in [7, 11) is 3.54. The van der Waals surface area contributed by atoms with Gasteiger partial charge in [-0.05, 0) is 12.1 Å². The lowest BCUT2D eigenvalue weighted by atomic mass is 10.1. The molecule has 0 radical (unpaired) electrons. The number of rotatable bonds is 3. The molecule has 0 saturated carbocycles. The molecule has 0 bridgehead atoms. The molecule has 0 fully saturated rings. The fourth-order valence-electron chi connectivity index (χ4n) is 1.03. The molecule has 0 aliphatic carbocycles. The van der Waals surface area contributed by atoms with Crippen molar-refractivity contribution in [1.29, 1.82) is 0 Å². The van der Waals surface area contributed by atoms with Crippen LogP contribution in [-0.4, -0.2) is 24.8 Å². The first-order chi connectivity index (χ1) is 7.02. The summed E-state index contributed by atoms with van der Waals surface area (Å²) in [6, 6.07) is 4.16. The molecular weight excluding hydrogens is 217 g/mol. The maximum absolute atomic E-state index is 13.3. The zero-order valence-corrected chi connectivity index (χ0v) is 9.25. The van der Waals surface area contributed by atoms with Crippen LogP contribution < -0.4 is 0 Å². The minimum absolute atomic E-state index is 0.0859. The summed E-state index contributed by atoms with van der Waals surface area (Å²) < 4.78 is 13.3. The van der Waals surface area contributed by atoms with Crippen LogP contribution in [0.3, 0.4) is 0 Å². The molecule has 80 valence electrons. The van der Waals surface area contributed by atoms with E-state index in [2.05, 4.69) is 0 Å². The molecule has 0 atom stereocenters. The van der Waals surface area contributed by atoms with Gasteiger partial charge in [-0.1, -0.05) is 17.7 Å². The molecular formula is C11H11ClFNO. The monoisotopic (exact) mass is 227 g/mol. The van der Waals surface area contributed by atoms with Crippen molar-refractivity contribution in [2.24, 2.45) is 0 Å². The topological polar surface area (TPSA) is 20.3 Å². The Morgan fingerprint density at radius 3 is 2.67 bits per heavy atom. The predicted octanol–water partition coefficient (Wildman–Crippen LogP) is 2.74. The Morgan fingerprint density at radius 2 is 2.13 bits per heavy atom. The van der Waals surface area contributed by atoms with Gasteiger partial charge in [0.2, 0.25) is 0 Å². The van der Waals surface area contributed by atoms with E-state index in [4.69, 9.17) is 11.6 Å². The molecule has 0 heterocycles. The van der Waals surface area contributed by atoms with Gasteiger partial charge in [-0.25, -0.2) is 4.39 Å². The zero-order valence-electron chi connectivity index (χ0n) is 8.50. The second kappa shape index (κ2) is 4.94. The van der Waals surface area contributed by atoms with Crippen molar-refractivity contribution < 1.29 is 9.18 Å². The van der Waals surface area contributed by atoms with Gasteiger partial charge in [0.1, 0.15) is 5.82 Å². The van der Waals surface area contributed by atoms with Crippen molar-refractivity contribution >= 4 is 17.4 Å². The van der Waals surface area contributed by atoms with Crippen LogP contribution in [0.5, 0.6) is 0 Å². The van der Waals surface area contributed by atoms with E-state index in [1.165, 1.54) is 24.3 Å². The van der Waals surface area contributed by atoms with E-state index in [-0.39, 0.29) is 10.6 Å². The lowest BCUT2D eigenvalue weighted by molar-refractivity contribution is 0.104. The largest absolute Gasteiger partial charge is 0.383 e. The number of benzene rings is 1. The Kier molecular flexibility index (Phi) is 3.86. The number of nitrogens with zero attached hydrogens (tertiary/aromatic N) is 1. The van der Waals surface area contributed by atoms with Gasteiger partial charge in [0.15, 0.2) is 5.78 Å². The van der Waals surface area contributed by atoms with Gasteiger partial charge in [-0.3, -0.25) is 4.79 Å². The Morgan fingerprint density at radius 1 is 1.47 bits per heavy atom. The molecule has 2 nitrogen and oxygen atoms in total. The summed E-state index contributed by atoms with van der Waals surface area (Å²) in [5.74, 6) is -1.04. The number of hydrogen-bond donors (Lipinski definition) is 0. The molecule has 0 spiro atoms. The number of carbonyl (C=O) groups excluding carboxylic acids is 1. The third kappa shape index (κ3) is 3.06. The van der Waals surface area contributed by atoms with Gasteiger partial charge in [0.05, 0.1) is 10.6 Å². The highest BCUT2D eigenvalue weighted by Gasteiger charge is 2.12. The van der Waals surface area contributed by atoms with Crippen molar-refractivity contribution in [2.75, 3.05) is 14.1 Å². The van der Waals surface area contributed by atoms with E-state index >= 15 is 0 Å². The molecule has 0 unspecified atom stereocenters. The summed E-state index contributed by atoms with van der Waals surface area (Å²) in [6.45, 7) is 0. The van der Waals surface area contributed by atoms with Gasteiger partial charge in [0.25, 0.3) is 0 Å². The second-order valence-electron chi connectivity index (χ2n) is 3.24. The van der Waals surface area contributed by atoms with Gasteiger partial charge < -0.3 is 4.90 Å². The quantitative estimate of drug-likeness (QED) is 0.585. The number of carbonyl (C=O) groups is 1. The third-order valence-electron chi connectivity index (χ3n) is 1.73. The highest BCUT2D eigenvalue weighted by atomic mass is 35.5. The Hall–Kier alpha value is -1.35. The van der Waals surface area contributed by atoms with Crippen LogP contribution in [0.15, 0.2) is 30.5 Å². The maximum atomic E-state index is 13.3. The molecule has 4 heteroatoms. The lowest BCUT2D eigenvalue weighted by Gasteiger charge is -2.04. The molecule has 0 N–H and O–H groups in total. The van der Waals surface area contributed by atoms with E-state index in [0.29, 0.717) is 0 Å². The first kappa shape index (κ1) is 11.7. The Bertz CT molecular complexity index is 381. The number of halogens is 2. The number of hydrogen-bond acceptors (Lipinski definition) is 2. The SMILES string of the molecule is CN(C)/C=C/C(=O)c1c(F)cccc1Cl. The lowest BCUT2D eigenvalue weighted by Crippen LogP contribution is -2.05. The number of ketones is 1. The van der Waals surface area contributed by atoms with Crippen LogP contribution in [-0.2, 0) is 0 Å². The highest BCUT2D eigenvalue weighted by Crippen LogP contribution is 2.19. The molecule has 0 amide bonds. The minimum atomic E-state index is -0.601. The van der Waals surface area contributed by atoms with Crippen LogP contribution in [0.4, 0.5) is 4.39 Å². The molecule has 15 heavy (non-hydrogen) atoms. The Labute approximate surface area is 93.0 Å². The minimum Gasteiger partial charge on any atom is -0.383 e. The second-order valence-corrected chi connectivity index (χ2v) is 3.65. The summed E-state index contributed by atoms with van der Waals surface area (Å²) in [5, 5.41) is 0.128. The van der Waals surface area contributed by atoms with Crippen molar-refractivity contribution in [2.45, 2.75) is 0 Å². The van der Waals surface area contributed by atoms with Crippen LogP contribution in [0, 0.1) is 5.82 Å². The van der Waals surface area contributed by atoms with Crippen LogP contribution in [0.25, 0.3) is 0 Å². The highest BCUT2D eigenvalue weighted by molar-refractivity contribution is 6.34. The van der Waals surface area contributed by atoms with Gasteiger partial charge in [-0.2, -0.15) is 0 Å². The summed E-state index contributed by atoms with van der Waals surface area (Å²) in [6.07, 6.45) is 2.83. The summed E-state index contributed by atoms with van der Waals surface area (Å²) in [4.78, 5) is 13.2. The summed E-state index contributed by atoms with van der Waals surface area (Å²) in [5.41, 5.74) is -0.0859. The molecule has 0 aromatic heterocycles. The van der Waals surface area contributed by atoms with Crippen molar-refractivity contribution in [3.05, 3.63) is 46.9 Å². The normalized spacial score (nSPS) is 10.7. The average molecular weight is 228 g/mol. The van der Waals surface area contributed by atoms with Crippen LogP contribution in [0.1, 0.15) is 10.4 Å². The Balaban J connectivity index is 3.01. The molecule has 0 aliphatic heterocycles. The van der Waals surface area contributed by atoms with Gasteiger partial charge >= 0.3 is 0 Å². The van der Waals surface area contributed by atoms with E-state index in [0.717, 1.165) is 0 Å². The van der Waals surface area contributed by atoms with Crippen molar-refractivity contribution in [3.63, 3.8) is 0 Å². The maximum Gasteiger partial charge on any atom is 0.191 e. The molecule has 1 aromatic carbocycles. The van der Waals surface area contributed by atoms with Gasteiger partial charge in [0, 0.05) is 26.4 Å². The molecule has 0 aliphatic rings. The smallest absolute Gasteiger partial charge is 0.191 e.